The molecule has 1 aliphatic rings. The summed E-state index contributed by atoms with van der Waals surface area (Å²) < 4.78 is 0. The van der Waals surface area contributed by atoms with E-state index < -0.39 is 0 Å². The summed E-state index contributed by atoms with van der Waals surface area (Å²) in [5.41, 5.74) is 10.0. The second kappa shape index (κ2) is 4.42. The SMILES string of the molecule is Cc1cccnc1NC1c2ccccc2CC1N. The number of benzene rings is 1. The van der Waals surface area contributed by atoms with Crippen LogP contribution in [0.3, 0.4) is 0 Å². The van der Waals surface area contributed by atoms with Gasteiger partial charge in [0, 0.05) is 12.2 Å². The summed E-state index contributed by atoms with van der Waals surface area (Å²) in [6.45, 7) is 2.06. The average Bonchev–Trinajstić information content (AvgIpc) is 2.69. The van der Waals surface area contributed by atoms with Crippen LogP contribution in [0.2, 0.25) is 0 Å². The molecule has 0 spiro atoms. The summed E-state index contributed by atoms with van der Waals surface area (Å²) in [5.74, 6) is 0.926. The predicted octanol–water partition coefficient (Wildman–Crippen LogP) is 2.43. The quantitative estimate of drug-likeness (QED) is 0.846. The van der Waals surface area contributed by atoms with E-state index in [1.165, 1.54) is 11.1 Å². The van der Waals surface area contributed by atoms with Crippen molar-refractivity contribution in [2.24, 2.45) is 5.73 Å². The summed E-state index contributed by atoms with van der Waals surface area (Å²) in [6.07, 6.45) is 2.74. The third-order valence-corrected chi connectivity index (χ3v) is 3.58. The van der Waals surface area contributed by atoms with Crippen molar-refractivity contribution in [1.29, 1.82) is 0 Å². The average molecular weight is 239 g/mol. The zero-order valence-corrected chi connectivity index (χ0v) is 10.4. The fourth-order valence-corrected chi connectivity index (χ4v) is 2.59. The summed E-state index contributed by atoms with van der Waals surface area (Å²) >= 11 is 0. The van der Waals surface area contributed by atoms with E-state index in [0.29, 0.717) is 0 Å². The monoisotopic (exact) mass is 239 g/mol. The molecule has 3 rings (SSSR count). The van der Waals surface area contributed by atoms with Crippen molar-refractivity contribution in [3.63, 3.8) is 0 Å². The minimum absolute atomic E-state index is 0.115. The maximum atomic E-state index is 6.24. The van der Waals surface area contributed by atoms with Gasteiger partial charge in [-0.25, -0.2) is 4.98 Å². The van der Waals surface area contributed by atoms with E-state index in [2.05, 4.69) is 47.6 Å². The van der Waals surface area contributed by atoms with Gasteiger partial charge in [-0.1, -0.05) is 30.3 Å². The smallest absolute Gasteiger partial charge is 0.129 e. The third kappa shape index (κ3) is 1.87. The molecule has 2 atom stereocenters. The number of nitrogens with zero attached hydrogens (tertiary/aromatic N) is 1. The fraction of sp³-hybridized carbons (Fsp3) is 0.267. The molecule has 1 aromatic heterocycles. The van der Waals surface area contributed by atoms with Gasteiger partial charge in [0.05, 0.1) is 6.04 Å². The highest BCUT2D eigenvalue weighted by Gasteiger charge is 2.29. The molecule has 1 aliphatic carbocycles. The number of nitrogens with one attached hydrogen (secondary N) is 1. The van der Waals surface area contributed by atoms with Crippen molar-refractivity contribution in [1.82, 2.24) is 4.98 Å². The van der Waals surface area contributed by atoms with Crippen molar-refractivity contribution in [3.05, 3.63) is 59.3 Å². The number of aryl methyl sites for hydroxylation is 1. The molecule has 0 amide bonds. The van der Waals surface area contributed by atoms with Crippen molar-refractivity contribution >= 4 is 5.82 Å². The van der Waals surface area contributed by atoms with Crippen LogP contribution in [0.15, 0.2) is 42.6 Å². The van der Waals surface area contributed by atoms with E-state index in [0.717, 1.165) is 17.8 Å². The summed E-state index contributed by atoms with van der Waals surface area (Å²) in [6, 6.07) is 12.7. The van der Waals surface area contributed by atoms with Gasteiger partial charge in [-0.05, 0) is 36.1 Å². The zero-order chi connectivity index (χ0) is 12.5. The molecule has 0 fully saturated rings. The Balaban J connectivity index is 1.92. The van der Waals surface area contributed by atoms with Gasteiger partial charge in [-0.2, -0.15) is 0 Å². The largest absolute Gasteiger partial charge is 0.361 e. The molecule has 2 aromatic rings. The van der Waals surface area contributed by atoms with E-state index in [-0.39, 0.29) is 12.1 Å². The van der Waals surface area contributed by atoms with Crippen LogP contribution in [0.25, 0.3) is 0 Å². The molecular weight excluding hydrogens is 222 g/mol. The van der Waals surface area contributed by atoms with E-state index in [4.69, 9.17) is 5.73 Å². The summed E-state index contributed by atoms with van der Waals surface area (Å²) in [4.78, 5) is 4.38. The lowest BCUT2D eigenvalue weighted by atomic mass is 10.1. The summed E-state index contributed by atoms with van der Waals surface area (Å²) in [7, 11) is 0. The van der Waals surface area contributed by atoms with Gasteiger partial charge in [0.25, 0.3) is 0 Å². The van der Waals surface area contributed by atoms with E-state index in [1.54, 1.807) is 0 Å². The molecular formula is C15H17N3. The Hall–Kier alpha value is -1.87. The summed E-state index contributed by atoms with van der Waals surface area (Å²) in [5, 5.41) is 3.48. The molecule has 18 heavy (non-hydrogen) atoms. The molecule has 0 bridgehead atoms. The molecule has 3 nitrogen and oxygen atoms in total. The molecule has 3 heteroatoms. The van der Waals surface area contributed by atoms with E-state index >= 15 is 0 Å². The lowest BCUT2D eigenvalue weighted by Crippen LogP contribution is -2.30. The molecule has 1 heterocycles. The Morgan fingerprint density at radius 3 is 2.89 bits per heavy atom. The van der Waals surface area contributed by atoms with E-state index in [9.17, 15) is 0 Å². The van der Waals surface area contributed by atoms with Crippen LogP contribution in [0.1, 0.15) is 22.7 Å². The molecule has 0 aliphatic heterocycles. The Labute approximate surface area is 107 Å². The Bertz CT molecular complexity index is 565. The van der Waals surface area contributed by atoms with Crippen LogP contribution < -0.4 is 11.1 Å². The standard InChI is InChI=1S/C15H17N3/c1-10-5-4-8-17-15(10)18-14-12-7-3-2-6-11(12)9-13(14)16/h2-8,13-14H,9,16H2,1H3,(H,17,18). The number of hydrogen-bond donors (Lipinski definition) is 2. The molecule has 3 N–H and O–H groups in total. The second-order valence-electron chi connectivity index (χ2n) is 4.86. The minimum atomic E-state index is 0.115. The molecule has 1 aromatic carbocycles. The van der Waals surface area contributed by atoms with Gasteiger partial charge in [-0.3, -0.25) is 0 Å². The molecule has 0 saturated heterocycles. The topological polar surface area (TPSA) is 50.9 Å². The Morgan fingerprint density at radius 2 is 2.06 bits per heavy atom. The highest BCUT2D eigenvalue weighted by Crippen LogP contribution is 2.33. The number of pyridine rings is 1. The van der Waals surface area contributed by atoms with Gasteiger partial charge in [0.1, 0.15) is 5.82 Å². The number of hydrogen-bond acceptors (Lipinski definition) is 3. The number of aromatic nitrogens is 1. The van der Waals surface area contributed by atoms with Gasteiger partial charge in [0.2, 0.25) is 0 Å². The van der Waals surface area contributed by atoms with Gasteiger partial charge >= 0.3 is 0 Å². The molecule has 2 unspecified atom stereocenters. The van der Waals surface area contributed by atoms with Crippen molar-refractivity contribution in [3.8, 4) is 0 Å². The van der Waals surface area contributed by atoms with Crippen LogP contribution in [0.4, 0.5) is 5.82 Å². The Kier molecular flexibility index (Phi) is 2.76. The first kappa shape index (κ1) is 11.2. The molecule has 0 saturated carbocycles. The van der Waals surface area contributed by atoms with Crippen molar-refractivity contribution < 1.29 is 0 Å². The normalized spacial score (nSPS) is 21.7. The number of anilines is 1. The van der Waals surface area contributed by atoms with Crippen molar-refractivity contribution in [2.75, 3.05) is 5.32 Å². The number of rotatable bonds is 2. The number of nitrogens with two attached hydrogens (primary N) is 1. The molecule has 92 valence electrons. The maximum Gasteiger partial charge on any atom is 0.129 e. The van der Waals surface area contributed by atoms with Gasteiger partial charge in [-0.15, -0.1) is 0 Å². The highest BCUT2D eigenvalue weighted by atomic mass is 15.0. The first-order chi connectivity index (χ1) is 8.75. The lowest BCUT2D eigenvalue weighted by Gasteiger charge is -2.20. The van der Waals surface area contributed by atoms with Crippen molar-refractivity contribution in [2.45, 2.75) is 25.4 Å². The first-order valence-corrected chi connectivity index (χ1v) is 6.27. The Morgan fingerprint density at radius 1 is 1.22 bits per heavy atom. The van der Waals surface area contributed by atoms with Gasteiger partial charge in [0.15, 0.2) is 0 Å². The predicted molar refractivity (Wildman–Crippen MR) is 73.5 cm³/mol. The van der Waals surface area contributed by atoms with Crippen LogP contribution in [0.5, 0.6) is 0 Å². The first-order valence-electron chi connectivity index (χ1n) is 6.27. The minimum Gasteiger partial charge on any atom is -0.361 e. The van der Waals surface area contributed by atoms with Crippen LogP contribution >= 0.6 is 0 Å². The lowest BCUT2D eigenvalue weighted by molar-refractivity contribution is 0.623. The van der Waals surface area contributed by atoms with Crippen LogP contribution in [-0.4, -0.2) is 11.0 Å². The zero-order valence-electron chi connectivity index (χ0n) is 10.4. The van der Waals surface area contributed by atoms with Crippen LogP contribution in [0, 0.1) is 6.92 Å². The number of fused-ring (bicyclic) bond motifs is 1. The fourth-order valence-electron chi connectivity index (χ4n) is 2.59. The van der Waals surface area contributed by atoms with E-state index in [1.807, 2.05) is 12.3 Å². The van der Waals surface area contributed by atoms with Crippen LogP contribution in [-0.2, 0) is 6.42 Å². The van der Waals surface area contributed by atoms with Gasteiger partial charge < -0.3 is 11.1 Å². The second-order valence-corrected chi connectivity index (χ2v) is 4.86. The third-order valence-electron chi connectivity index (χ3n) is 3.58. The maximum absolute atomic E-state index is 6.24. The highest BCUT2D eigenvalue weighted by molar-refractivity contribution is 5.49. The molecule has 0 radical (unpaired) electrons.